The van der Waals surface area contributed by atoms with E-state index in [2.05, 4.69) is 5.32 Å². The normalized spacial score (nSPS) is 14.2. The third-order valence-electron chi connectivity index (χ3n) is 5.42. The molecule has 1 aliphatic rings. The van der Waals surface area contributed by atoms with E-state index in [1.807, 2.05) is 13.0 Å². The first-order valence-electron chi connectivity index (χ1n) is 11.1. The number of anilines is 2. The molecule has 1 aliphatic heterocycles. The Hall–Kier alpha value is -3.53. The SMILES string of the molecule is COc1ccc(N2C(=O)/C(=C/c3ccc(OCC(=O)Nc4ccc(C)c(Cl)c4)c(OC)c3)SC2=S)cc1. The number of nitrogens with zero attached hydrogens (tertiary/aromatic N) is 1. The Balaban J connectivity index is 1.44. The Kier molecular flexibility index (Phi) is 8.38. The van der Waals surface area contributed by atoms with Gasteiger partial charge in [-0.15, -0.1) is 0 Å². The van der Waals surface area contributed by atoms with Crippen LogP contribution < -0.4 is 24.4 Å². The van der Waals surface area contributed by atoms with Gasteiger partial charge in [-0.1, -0.05) is 47.7 Å². The lowest BCUT2D eigenvalue weighted by Crippen LogP contribution is -2.27. The van der Waals surface area contributed by atoms with E-state index < -0.39 is 0 Å². The predicted molar refractivity (Wildman–Crippen MR) is 152 cm³/mol. The van der Waals surface area contributed by atoms with Gasteiger partial charge >= 0.3 is 0 Å². The molecule has 0 aliphatic carbocycles. The molecule has 0 saturated carbocycles. The van der Waals surface area contributed by atoms with Crippen molar-refractivity contribution in [2.24, 2.45) is 0 Å². The minimum absolute atomic E-state index is 0.215. The van der Waals surface area contributed by atoms with E-state index in [1.165, 1.54) is 23.8 Å². The van der Waals surface area contributed by atoms with Crippen molar-refractivity contribution in [1.29, 1.82) is 0 Å². The number of thiocarbonyl (C=S) groups is 1. The Morgan fingerprint density at radius 1 is 1.05 bits per heavy atom. The Bertz CT molecular complexity index is 1390. The molecule has 0 atom stereocenters. The average Bonchev–Trinajstić information content (AvgIpc) is 3.17. The highest BCUT2D eigenvalue weighted by Gasteiger charge is 2.33. The summed E-state index contributed by atoms with van der Waals surface area (Å²) in [6, 6.07) is 17.6. The fourth-order valence-electron chi connectivity index (χ4n) is 3.48. The summed E-state index contributed by atoms with van der Waals surface area (Å²) in [5.41, 5.74) is 2.89. The fraction of sp³-hybridized carbons (Fsp3) is 0.148. The van der Waals surface area contributed by atoms with Crippen LogP contribution in [0.15, 0.2) is 65.6 Å². The lowest BCUT2D eigenvalue weighted by molar-refractivity contribution is -0.118. The van der Waals surface area contributed by atoms with Gasteiger partial charge in [0.25, 0.3) is 11.8 Å². The highest BCUT2D eigenvalue weighted by molar-refractivity contribution is 8.27. The van der Waals surface area contributed by atoms with Crippen molar-refractivity contribution in [2.45, 2.75) is 6.92 Å². The van der Waals surface area contributed by atoms with Crippen LogP contribution in [0.4, 0.5) is 11.4 Å². The zero-order valence-electron chi connectivity index (χ0n) is 20.2. The number of aryl methyl sites for hydroxylation is 1. The molecule has 3 aromatic carbocycles. The van der Waals surface area contributed by atoms with Crippen LogP contribution in [-0.4, -0.2) is 37.0 Å². The van der Waals surface area contributed by atoms with Gasteiger partial charge < -0.3 is 19.5 Å². The average molecular weight is 555 g/mol. The summed E-state index contributed by atoms with van der Waals surface area (Å²) >= 11 is 12.8. The molecule has 7 nitrogen and oxygen atoms in total. The number of carbonyl (C=O) groups excluding carboxylic acids is 2. The number of thioether (sulfide) groups is 1. The largest absolute Gasteiger partial charge is 0.497 e. The van der Waals surface area contributed by atoms with Crippen LogP contribution >= 0.6 is 35.6 Å². The molecule has 2 amide bonds. The van der Waals surface area contributed by atoms with Crippen molar-refractivity contribution in [2.75, 3.05) is 31.0 Å². The number of rotatable bonds is 8. The molecule has 37 heavy (non-hydrogen) atoms. The van der Waals surface area contributed by atoms with Gasteiger partial charge in [-0.2, -0.15) is 0 Å². The molecule has 0 aromatic heterocycles. The minimum atomic E-state index is -0.340. The molecule has 0 bridgehead atoms. The zero-order valence-corrected chi connectivity index (χ0v) is 22.6. The number of halogens is 1. The molecule has 1 heterocycles. The fourth-order valence-corrected chi connectivity index (χ4v) is 4.96. The van der Waals surface area contributed by atoms with Crippen LogP contribution in [0.3, 0.4) is 0 Å². The first-order valence-corrected chi connectivity index (χ1v) is 12.7. The molecule has 0 spiro atoms. The molecule has 190 valence electrons. The van der Waals surface area contributed by atoms with Crippen LogP contribution in [0.1, 0.15) is 11.1 Å². The van der Waals surface area contributed by atoms with Crippen LogP contribution in [-0.2, 0) is 9.59 Å². The van der Waals surface area contributed by atoms with Crippen molar-refractivity contribution >= 4 is 69.2 Å². The third-order valence-corrected chi connectivity index (χ3v) is 7.13. The monoisotopic (exact) mass is 554 g/mol. The van der Waals surface area contributed by atoms with Gasteiger partial charge in [-0.05, 0) is 72.7 Å². The van der Waals surface area contributed by atoms with Gasteiger partial charge in [0.15, 0.2) is 22.4 Å². The number of nitrogens with one attached hydrogen (secondary N) is 1. The second-order valence-corrected chi connectivity index (χ2v) is 10.0. The maximum atomic E-state index is 13.1. The molecule has 10 heteroatoms. The molecule has 4 rings (SSSR count). The second kappa shape index (κ2) is 11.7. The molecule has 1 N–H and O–H groups in total. The maximum absolute atomic E-state index is 13.1. The van der Waals surface area contributed by atoms with Crippen LogP contribution in [0.25, 0.3) is 6.08 Å². The van der Waals surface area contributed by atoms with Crippen LogP contribution in [0, 0.1) is 6.92 Å². The number of hydrogen-bond donors (Lipinski definition) is 1. The number of ether oxygens (including phenoxy) is 3. The number of carbonyl (C=O) groups is 2. The Morgan fingerprint density at radius 2 is 1.81 bits per heavy atom. The Morgan fingerprint density at radius 3 is 2.49 bits per heavy atom. The quantitative estimate of drug-likeness (QED) is 0.267. The molecule has 0 unspecified atom stereocenters. The number of benzene rings is 3. The summed E-state index contributed by atoms with van der Waals surface area (Å²) in [7, 11) is 3.09. The third kappa shape index (κ3) is 6.25. The highest BCUT2D eigenvalue weighted by atomic mass is 35.5. The van der Waals surface area contributed by atoms with Gasteiger partial charge in [0.1, 0.15) is 5.75 Å². The number of hydrogen-bond acceptors (Lipinski definition) is 7. The van der Waals surface area contributed by atoms with Gasteiger partial charge in [-0.3, -0.25) is 14.5 Å². The topological polar surface area (TPSA) is 77.1 Å². The van der Waals surface area contributed by atoms with Crippen LogP contribution in [0.5, 0.6) is 17.2 Å². The number of amides is 2. The lowest BCUT2D eigenvalue weighted by atomic mass is 10.1. The van der Waals surface area contributed by atoms with E-state index >= 15 is 0 Å². The van der Waals surface area contributed by atoms with Gasteiger partial charge in [-0.25, -0.2) is 0 Å². The van der Waals surface area contributed by atoms with E-state index in [0.717, 1.165) is 11.1 Å². The van der Waals surface area contributed by atoms with E-state index in [0.29, 0.717) is 42.9 Å². The summed E-state index contributed by atoms with van der Waals surface area (Å²) < 4.78 is 16.7. The summed E-state index contributed by atoms with van der Waals surface area (Å²) in [4.78, 5) is 27.4. The van der Waals surface area contributed by atoms with Gasteiger partial charge in [0.2, 0.25) is 0 Å². The van der Waals surface area contributed by atoms with Crippen molar-refractivity contribution in [1.82, 2.24) is 0 Å². The second-order valence-electron chi connectivity index (χ2n) is 7.93. The first-order chi connectivity index (χ1) is 17.8. The molecule has 0 radical (unpaired) electrons. The van der Waals surface area contributed by atoms with Gasteiger partial charge in [0, 0.05) is 10.7 Å². The molecular weight excluding hydrogens is 532 g/mol. The van der Waals surface area contributed by atoms with E-state index in [4.69, 9.17) is 38.0 Å². The maximum Gasteiger partial charge on any atom is 0.270 e. The number of methoxy groups -OCH3 is 2. The Labute approximate surface area is 229 Å². The summed E-state index contributed by atoms with van der Waals surface area (Å²) in [5, 5.41) is 3.31. The smallest absolute Gasteiger partial charge is 0.270 e. The minimum Gasteiger partial charge on any atom is -0.497 e. The lowest BCUT2D eigenvalue weighted by Gasteiger charge is -2.14. The van der Waals surface area contributed by atoms with E-state index in [1.54, 1.807) is 67.8 Å². The summed E-state index contributed by atoms with van der Waals surface area (Å²) in [5.74, 6) is 0.949. The molecular formula is C27H23ClN2O5S2. The van der Waals surface area contributed by atoms with Crippen molar-refractivity contribution in [3.8, 4) is 17.2 Å². The molecule has 1 fully saturated rings. The molecule has 3 aromatic rings. The summed E-state index contributed by atoms with van der Waals surface area (Å²) in [6.07, 6.45) is 1.74. The van der Waals surface area contributed by atoms with E-state index in [9.17, 15) is 9.59 Å². The standard InChI is InChI=1S/C27H23ClN2O5S2/c1-16-4-6-18(14-21(16)28)29-25(31)15-35-22-11-5-17(12-23(22)34-3)13-24-26(32)30(27(36)37-24)19-7-9-20(33-2)10-8-19/h4-14H,15H2,1-3H3,(H,29,31)/b24-13-. The van der Waals surface area contributed by atoms with E-state index in [-0.39, 0.29) is 18.4 Å². The van der Waals surface area contributed by atoms with Crippen LogP contribution in [0.2, 0.25) is 5.02 Å². The van der Waals surface area contributed by atoms with Crippen molar-refractivity contribution < 1.29 is 23.8 Å². The van der Waals surface area contributed by atoms with Crippen molar-refractivity contribution in [3.05, 3.63) is 81.7 Å². The zero-order chi connectivity index (χ0) is 26.5. The molecule has 1 saturated heterocycles. The van der Waals surface area contributed by atoms with Crippen molar-refractivity contribution in [3.63, 3.8) is 0 Å². The predicted octanol–water partition coefficient (Wildman–Crippen LogP) is 6.09. The first kappa shape index (κ1) is 26.5. The highest BCUT2D eigenvalue weighted by Crippen LogP contribution is 2.37. The summed E-state index contributed by atoms with van der Waals surface area (Å²) in [6.45, 7) is 1.66. The van der Waals surface area contributed by atoms with Gasteiger partial charge in [0.05, 0.1) is 24.8 Å².